The van der Waals surface area contributed by atoms with E-state index in [1.165, 1.54) is 0 Å². The lowest BCUT2D eigenvalue weighted by Crippen LogP contribution is -2.34. The molecule has 2 amide bonds. The Hall–Kier alpha value is -3.06. The quantitative estimate of drug-likeness (QED) is 0.572. The largest absolute Gasteiger partial charge is 0.497 e. The Morgan fingerprint density at radius 3 is 2.77 bits per heavy atom. The number of methoxy groups -OCH3 is 1. The summed E-state index contributed by atoms with van der Waals surface area (Å²) in [5, 5.41) is 5.89. The Kier molecular flexibility index (Phi) is 7.89. The molecule has 0 saturated heterocycles. The van der Waals surface area contributed by atoms with Gasteiger partial charge in [0.05, 0.1) is 19.8 Å². The number of aryl methyl sites for hydroxylation is 1. The highest BCUT2D eigenvalue weighted by molar-refractivity contribution is 5.94. The van der Waals surface area contributed by atoms with Crippen LogP contribution in [-0.2, 0) is 16.0 Å². The molecule has 166 valence electrons. The van der Waals surface area contributed by atoms with E-state index in [0.29, 0.717) is 32.4 Å². The van der Waals surface area contributed by atoms with Gasteiger partial charge in [-0.15, -0.1) is 0 Å². The molecule has 0 fully saturated rings. The van der Waals surface area contributed by atoms with E-state index >= 15 is 0 Å². The fourth-order valence-electron chi connectivity index (χ4n) is 3.62. The number of fused-ring (bicyclic) bond motifs is 1. The van der Waals surface area contributed by atoms with Gasteiger partial charge in [0.1, 0.15) is 11.5 Å². The topological polar surface area (TPSA) is 79.9 Å². The van der Waals surface area contributed by atoms with Gasteiger partial charge < -0.3 is 25.0 Å². The van der Waals surface area contributed by atoms with Crippen LogP contribution in [0.1, 0.15) is 36.4 Å². The fraction of sp³-hybridized carbons (Fsp3) is 0.417. The molecule has 3 rings (SSSR count). The van der Waals surface area contributed by atoms with E-state index in [1.807, 2.05) is 56.6 Å². The average molecular weight is 426 g/mol. The monoisotopic (exact) mass is 425 g/mol. The standard InChI is InChI=1S/C24H31N3O4/c1-27(2)22(18-6-4-7-19(15-18)30-3)16-25-23(28)8-5-13-31-20-10-11-21-17(14-20)9-12-24(29)26-21/h4,6-7,10-11,14-15,22H,5,8-9,12-13,16H2,1-3H3,(H,25,28)(H,26,29). The number of ether oxygens (including phenoxy) is 2. The van der Waals surface area contributed by atoms with Crippen molar-refractivity contribution < 1.29 is 19.1 Å². The van der Waals surface area contributed by atoms with Gasteiger partial charge in [-0.25, -0.2) is 0 Å². The number of likely N-dealkylation sites (N-methyl/N-ethyl adjacent to an activating group) is 1. The normalized spacial score (nSPS) is 13.9. The molecule has 2 aromatic rings. The van der Waals surface area contributed by atoms with Crippen molar-refractivity contribution in [3.63, 3.8) is 0 Å². The van der Waals surface area contributed by atoms with Crippen molar-refractivity contribution in [2.45, 2.75) is 31.7 Å². The lowest BCUT2D eigenvalue weighted by Gasteiger charge is -2.25. The predicted octanol–water partition coefficient (Wildman–Crippen LogP) is 3.16. The first-order valence-electron chi connectivity index (χ1n) is 10.6. The van der Waals surface area contributed by atoms with Gasteiger partial charge in [-0.05, 0) is 68.4 Å². The highest BCUT2D eigenvalue weighted by atomic mass is 16.5. The number of benzene rings is 2. The van der Waals surface area contributed by atoms with Crippen LogP contribution >= 0.6 is 0 Å². The minimum atomic E-state index is 0.00602. The number of hydrogen-bond acceptors (Lipinski definition) is 5. The zero-order valence-corrected chi connectivity index (χ0v) is 18.4. The molecular weight excluding hydrogens is 394 g/mol. The van der Waals surface area contributed by atoms with Crippen molar-refractivity contribution >= 4 is 17.5 Å². The number of anilines is 1. The van der Waals surface area contributed by atoms with Crippen LogP contribution in [0.25, 0.3) is 0 Å². The zero-order valence-electron chi connectivity index (χ0n) is 18.4. The molecule has 7 nitrogen and oxygen atoms in total. The predicted molar refractivity (Wildman–Crippen MR) is 121 cm³/mol. The summed E-state index contributed by atoms with van der Waals surface area (Å²) in [5.41, 5.74) is 3.04. The van der Waals surface area contributed by atoms with E-state index < -0.39 is 0 Å². The van der Waals surface area contributed by atoms with Gasteiger partial charge in [-0.2, -0.15) is 0 Å². The molecule has 0 bridgehead atoms. The Balaban J connectivity index is 1.42. The number of carbonyl (C=O) groups is 2. The summed E-state index contributed by atoms with van der Waals surface area (Å²) >= 11 is 0. The summed E-state index contributed by atoms with van der Waals surface area (Å²) in [5.74, 6) is 1.62. The number of rotatable bonds is 10. The first kappa shape index (κ1) is 22.6. The third-order valence-corrected chi connectivity index (χ3v) is 5.38. The molecule has 0 radical (unpaired) electrons. The van der Waals surface area contributed by atoms with Crippen LogP contribution in [0.5, 0.6) is 11.5 Å². The Bertz CT molecular complexity index is 913. The second-order valence-electron chi connectivity index (χ2n) is 7.88. The second kappa shape index (κ2) is 10.8. The summed E-state index contributed by atoms with van der Waals surface area (Å²) < 4.78 is 11.1. The van der Waals surface area contributed by atoms with E-state index in [-0.39, 0.29) is 17.9 Å². The van der Waals surface area contributed by atoms with E-state index in [9.17, 15) is 9.59 Å². The van der Waals surface area contributed by atoms with Gasteiger partial charge in [0.2, 0.25) is 11.8 Å². The van der Waals surface area contributed by atoms with Gasteiger partial charge in [-0.3, -0.25) is 9.59 Å². The maximum Gasteiger partial charge on any atom is 0.224 e. The summed E-state index contributed by atoms with van der Waals surface area (Å²) in [6.45, 7) is 0.988. The minimum Gasteiger partial charge on any atom is -0.497 e. The number of carbonyl (C=O) groups excluding carboxylic acids is 2. The zero-order chi connectivity index (χ0) is 22.2. The van der Waals surface area contributed by atoms with Crippen LogP contribution in [0.15, 0.2) is 42.5 Å². The van der Waals surface area contributed by atoms with E-state index in [0.717, 1.165) is 34.7 Å². The summed E-state index contributed by atoms with van der Waals surface area (Å²) in [6, 6.07) is 13.6. The molecule has 1 atom stereocenters. The summed E-state index contributed by atoms with van der Waals surface area (Å²) in [4.78, 5) is 25.8. The molecule has 7 heteroatoms. The molecule has 0 aromatic heterocycles. The lowest BCUT2D eigenvalue weighted by atomic mass is 10.0. The smallest absolute Gasteiger partial charge is 0.224 e. The van der Waals surface area contributed by atoms with Gasteiger partial charge in [0, 0.05) is 25.1 Å². The minimum absolute atomic E-state index is 0.00602. The maximum absolute atomic E-state index is 12.3. The van der Waals surface area contributed by atoms with Crippen LogP contribution in [0.2, 0.25) is 0 Å². The summed E-state index contributed by atoms with van der Waals surface area (Å²) in [6.07, 6.45) is 2.26. The van der Waals surface area contributed by atoms with Crippen LogP contribution in [-0.4, -0.2) is 51.1 Å². The van der Waals surface area contributed by atoms with E-state index in [2.05, 4.69) is 15.5 Å². The molecule has 1 aliphatic heterocycles. The molecule has 1 aliphatic rings. The van der Waals surface area contributed by atoms with Gasteiger partial charge >= 0.3 is 0 Å². The third kappa shape index (κ3) is 6.46. The lowest BCUT2D eigenvalue weighted by molar-refractivity contribution is -0.121. The van der Waals surface area contributed by atoms with Crippen molar-refractivity contribution in [3.8, 4) is 11.5 Å². The van der Waals surface area contributed by atoms with Crippen molar-refractivity contribution in [2.75, 3.05) is 39.7 Å². The Labute approximate surface area is 183 Å². The third-order valence-electron chi connectivity index (χ3n) is 5.38. The Morgan fingerprint density at radius 1 is 1.16 bits per heavy atom. The molecule has 1 unspecified atom stereocenters. The van der Waals surface area contributed by atoms with Crippen LogP contribution in [0.3, 0.4) is 0 Å². The van der Waals surface area contributed by atoms with Crippen molar-refractivity contribution in [1.29, 1.82) is 0 Å². The highest BCUT2D eigenvalue weighted by Crippen LogP contribution is 2.27. The van der Waals surface area contributed by atoms with Crippen molar-refractivity contribution in [3.05, 3.63) is 53.6 Å². The number of nitrogens with one attached hydrogen (secondary N) is 2. The van der Waals surface area contributed by atoms with Gasteiger partial charge in [-0.1, -0.05) is 12.1 Å². The SMILES string of the molecule is COc1cccc(C(CNC(=O)CCCOc2ccc3c(c2)CCC(=O)N3)N(C)C)c1. The summed E-state index contributed by atoms with van der Waals surface area (Å²) in [7, 11) is 5.64. The fourth-order valence-corrected chi connectivity index (χ4v) is 3.62. The van der Waals surface area contributed by atoms with E-state index in [1.54, 1.807) is 7.11 Å². The molecule has 2 N–H and O–H groups in total. The number of nitrogens with zero attached hydrogens (tertiary/aromatic N) is 1. The van der Waals surface area contributed by atoms with Crippen molar-refractivity contribution in [2.24, 2.45) is 0 Å². The number of amides is 2. The molecule has 0 saturated carbocycles. The maximum atomic E-state index is 12.3. The first-order valence-corrected chi connectivity index (χ1v) is 10.6. The highest BCUT2D eigenvalue weighted by Gasteiger charge is 2.17. The molecule has 31 heavy (non-hydrogen) atoms. The number of hydrogen-bond donors (Lipinski definition) is 2. The molecular formula is C24H31N3O4. The van der Waals surface area contributed by atoms with Gasteiger partial charge in [0.25, 0.3) is 0 Å². The van der Waals surface area contributed by atoms with Crippen LogP contribution < -0.4 is 20.1 Å². The van der Waals surface area contributed by atoms with Gasteiger partial charge in [0.15, 0.2) is 0 Å². The first-order chi connectivity index (χ1) is 15.0. The average Bonchev–Trinajstić information content (AvgIpc) is 2.76. The van der Waals surface area contributed by atoms with Crippen LogP contribution in [0.4, 0.5) is 5.69 Å². The molecule has 0 aliphatic carbocycles. The second-order valence-corrected chi connectivity index (χ2v) is 7.88. The molecule has 1 heterocycles. The van der Waals surface area contributed by atoms with Crippen LogP contribution in [0, 0.1) is 0 Å². The van der Waals surface area contributed by atoms with Crippen molar-refractivity contribution in [1.82, 2.24) is 10.2 Å². The molecule has 2 aromatic carbocycles. The molecule has 0 spiro atoms. The Morgan fingerprint density at radius 2 is 2.00 bits per heavy atom. The van der Waals surface area contributed by atoms with E-state index in [4.69, 9.17) is 9.47 Å².